The molecule has 0 bridgehead atoms. The van der Waals surface area contributed by atoms with E-state index in [1.165, 1.54) is 22.3 Å². The number of furan rings is 1. The topological polar surface area (TPSA) is 80.6 Å². The van der Waals surface area contributed by atoms with E-state index in [0.717, 1.165) is 36.8 Å². The molecule has 6 nitrogen and oxygen atoms in total. The van der Waals surface area contributed by atoms with Crippen LogP contribution in [0.4, 0.5) is 5.00 Å². The molecule has 176 valence electrons. The van der Waals surface area contributed by atoms with E-state index in [1.807, 2.05) is 18.2 Å². The lowest BCUT2D eigenvalue weighted by Crippen LogP contribution is -2.33. The summed E-state index contributed by atoms with van der Waals surface area (Å²) in [5, 5.41) is 7.00. The third kappa shape index (κ3) is 5.75. The molecule has 3 aromatic rings. The van der Waals surface area contributed by atoms with Crippen LogP contribution in [-0.2, 0) is 22.4 Å². The minimum absolute atomic E-state index is 0.111. The van der Waals surface area contributed by atoms with E-state index in [9.17, 15) is 9.59 Å². The van der Waals surface area contributed by atoms with Crippen LogP contribution in [0, 0.1) is 0 Å². The van der Waals surface area contributed by atoms with Crippen LogP contribution in [0.5, 0.6) is 0 Å². The molecule has 2 N–H and O–H groups in total. The molecular formula is C25H23ClN2O4S2. The van der Waals surface area contributed by atoms with Gasteiger partial charge in [0.15, 0.2) is 5.11 Å². The number of ether oxygens (including phenoxy) is 1. The second-order valence-electron chi connectivity index (χ2n) is 7.62. The number of benzene rings is 1. The minimum Gasteiger partial charge on any atom is -0.462 e. The number of hydrogen-bond acceptors (Lipinski definition) is 6. The van der Waals surface area contributed by atoms with Crippen LogP contribution in [0.3, 0.4) is 0 Å². The van der Waals surface area contributed by atoms with E-state index in [-0.39, 0.29) is 11.1 Å². The Morgan fingerprint density at radius 1 is 1.18 bits per heavy atom. The molecule has 0 radical (unpaired) electrons. The van der Waals surface area contributed by atoms with Crippen LogP contribution in [0.25, 0.3) is 17.4 Å². The lowest BCUT2D eigenvalue weighted by atomic mass is 9.95. The number of carbonyl (C=O) groups is 2. The Morgan fingerprint density at radius 2 is 1.94 bits per heavy atom. The number of fused-ring (bicyclic) bond motifs is 1. The van der Waals surface area contributed by atoms with Crippen molar-refractivity contribution < 1.29 is 18.7 Å². The molecule has 9 heteroatoms. The predicted molar refractivity (Wildman–Crippen MR) is 139 cm³/mol. The van der Waals surface area contributed by atoms with Crippen molar-refractivity contribution in [3.63, 3.8) is 0 Å². The number of anilines is 1. The molecule has 0 saturated heterocycles. The summed E-state index contributed by atoms with van der Waals surface area (Å²) in [7, 11) is 0. The summed E-state index contributed by atoms with van der Waals surface area (Å²) in [5.41, 5.74) is 2.44. The SMILES string of the molecule is CCOC(=O)c1c(NC(=S)NC(=O)C=Cc2ccc(-c3ccc(Cl)cc3)o2)sc2c1CCCC2. The molecule has 1 aromatic carbocycles. The Balaban J connectivity index is 1.39. The fraction of sp³-hybridized carbons (Fsp3) is 0.240. The molecule has 0 spiro atoms. The molecule has 0 saturated carbocycles. The van der Waals surface area contributed by atoms with Crippen LogP contribution >= 0.6 is 35.2 Å². The highest BCUT2D eigenvalue weighted by Crippen LogP contribution is 2.38. The third-order valence-electron chi connectivity index (χ3n) is 5.27. The van der Waals surface area contributed by atoms with Gasteiger partial charge in [-0.1, -0.05) is 11.6 Å². The van der Waals surface area contributed by atoms with Crippen molar-refractivity contribution in [3.05, 3.63) is 69.3 Å². The highest BCUT2D eigenvalue weighted by Gasteiger charge is 2.26. The van der Waals surface area contributed by atoms with Gasteiger partial charge in [0, 0.05) is 21.5 Å². The van der Waals surface area contributed by atoms with Gasteiger partial charge >= 0.3 is 5.97 Å². The number of thiocarbonyl (C=S) groups is 1. The van der Waals surface area contributed by atoms with Crippen molar-refractivity contribution in [3.8, 4) is 11.3 Å². The molecule has 0 aliphatic heterocycles. The summed E-state index contributed by atoms with van der Waals surface area (Å²) >= 11 is 12.7. The Labute approximate surface area is 211 Å². The van der Waals surface area contributed by atoms with Crippen LogP contribution in [-0.4, -0.2) is 23.6 Å². The van der Waals surface area contributed by atoms with Crippen molar-refractivity contribution in [1.29, 1.82) is 0 Å². The molecule has 1 amide bonds. The first-order chi connectivity index (χ1) is 16.4. The Bertz CT molecular complexity index is 1240. The molecule has 1 aliphatic carbocycles. The lowest BCUT2D eigenvalue weighted by Gasteiger charge is -2.12. The highest BCUT2D eigenvalue weighted by molar-refractivity contribution is 7.80. The molecule has 0 unspecified atom stereocenters. The molecular weight excluding hydrogens is 492 g/mol. The van der Waals surface area contributed by atoms with E-state index in [2.05, 4.69) is 10.6 Å². The van der Waals surface area contributed by atoms with E-state index < -0.39 is 5.91 Å². The molecule has 34 heavy (non-hydrogen) atoms. The van der Waals surface area contributed by atoms with Gasteiger partial charge in [-0.2, -0.15) is 0 Å². The standard InChI is InChI=1S/C25H23ClN2O4S2/c1-2-31-24(30)22-18-5-3-4-6-20(18)34-23(22)28-25(33)27-21(29)14-12-17-11-13-19(32-17)15-7-9-16(26)10-8-15/h7-14H,2-6H2,1H3,(H2,27,28,29,33). The fourth-order valence-electron chi connectivity index (χ4n) is 3.73. The van der Waals surface area contributed by atoms with Gasteiger partial charge in [0.05, 0.1) is 12.2 Å². The number of amides is 1. The summed E-state index contributed by atoms with van der Waals surface area (Å²) in [4.78, 5) is 26.1. The first kappa shape index (κ1) is 24.2. The molecule has 0 fully saturated rings. The van der Waals surface area contributed by atoms with Gasteiger partial charge in [-0.3, -0.25) is 10.1 Å². The lowest BCUT2D eigenvalue weighted by molar-refractivity contribution is -0.115. The number of rotatable bonds is 6. The maximum absolute atomic E-state index is 12.6. The van der Waals surface area contributed by atoms with Crippen molar-refractivity contribution >= 4 is 63.2 Å². The summed E-state index contributed by atoms with van der Waals surface area (Å²) in [6, 6.07) is 10.9. The average molecular weight is 515 g/mol. The number of nitrogens with one attached hydrogen (secondary N) is 2. The number of aryl methyl sites for hydroxylation is 1. The van der Waals surface area contributed by atoms with Gasteiger partial charge < -0.3 is 14.5 Å². The van der Waals surface area contributed by atoms with Crippen LogP contribution in [0.15, 0.2) is 46.9 Å². The molecule has 1 aliphatic rings. The zero-order valence-electron chi connectivity index (χ0n) is 18.5. The van der Waals surface area contributed by atoms with Gasteiger partial charge in [0.25, 0.3) is 0 Å². The van der Waals surface area contributed by atoms with E-state index >= 15 is 0 Å². The van der Waals surface area contributed by atoms with Gasteiger partial charge in [-0.25, -0.2) is 4.79 Å². The highest BCUT2D eigenvalue weighted by atomic mass is 35.5. The first-order valence-corrected chi connectivity index (χ1v) is 12.5. The number of carbonyl (C=O) groups excluding carboxylic acids is 2. The van der Waals surface area contributed by atoms with Gasteiger partial charge in [-0.15, -0.1) is 11.3 Å². The summed E-state index contributed by atoms with van der Waals surface area (Å²) in [6.07, 6.45) is 6.79. The molecule has 2 heterocycles. The number of esters is 1. The maximum atomic E-state index is 12.6. The Kier molecular flexibility index (Phi) is 7.82. The zero-order chi connectivity index (χ0) is 24.1. The number of hydrogen-bond donors (Lipinski definition) is 2. The van der Waals surface area contributed by atoms with Crippen molar-refractivity contribution in [2.75, 3.05) is 11.9 Å². The fourth-order valence-corrected chi connectivity index (χ4v) is 5.41. The number of halogens is 1. The van der Waals surface area contributed by atoms with Crippen LogP contribution < -0.4 is 10.6 Å². The van der Waals surface area contributed by atoms with E-state index in [0.29, 0.717) is 33.7 Å². The predicted octanol–water partition coefficient (Wildman–Crippen LogP) is 6.24. The molecule has 0 atom stereocenters. The minimum atomic E-state index is -0.416. The quantitative estimate of drug-likeness (QED) is 0.230. The maximum Gasteiger partial charge on any atom is 0.341 e. The third-order valence-corrected chi connectivity index (χ3v) is 6.93. The molecule has 2 aromatic heterocycles. The first-order valence-electron chi connectivity index (χ1n) is 10.9. The van der Waals surface area contributed by atoms with Gasteiger partial charge in [0.1, 0.15) is 16.5 Å². The summed E-state index contributed by atoms with van der Waals surface area (Å²) < 4.78 is 11.0. The second-order valence-corrected chi connectivity index (χ2v) is 9.57. The second kappa shape index (κ2) is 11.0. The van der Waals surface area contributed by atoms with Crippen molar-refractivity contribution in [2.45, 2.75) is 32.6 Å². The number of thiophene rings is 1. The smallest absolute Gasteiger partial charge is 0.341 e. The summed E-state index contributed by atoms with van der Waals surface area (Å²) in [6.45, 7) is 2.07. The van der Waals surface area contributed by atoms with E-state index in [1.54, 1.807) is 31.2 Å². The Morgan fingerprint density at radius 3 is 2.71 bits per heavy atom. The summed E-state index contributed by atoms with van der Waals surface area (Å²) in [5.74, 6) is 0.408. The van der Waals surface area contributed by atoms with Gasteiger partial charge in [-0.05, 0) is 92.9 Å². The monoisotopic (exact) mass is 514 g/mol. The normalized spacial score (nSPS) is 12.9. The molecule has 4 rings (SSSR count). The van der Waals surface area contributed by atoms with Crippen LogP contribution in [0.2, 0.25) is 5.02 Å². The van der Waals surface area contributed by atoms with Crippen molar-refractivity contribution in [2.24, 2.45) is 0 Å². The van der Waals surface area contributed by atoms with Crippen LogP contribution in [0.1, 0.15) is 46.3 Å². The van der Waals surface area contributed by atoms with Crippen molar-refractivity contribution in [1.82, 2.24) is 5.32 Å². The zero-order valence-corrected chi connectivity index (χ0v) is 20.9. The average Bonchev–Trinajstić information content (AvgIpc) is 3.42. The Hall–Kier alpha value is -2.94. The largest absolute Gasteiger partial charge is 0.462 e. The van der Waals surface area contributed by atoms with Gasteiger partial charge in [0.2, 0.25) is 5.91 Å². The van der Waals surface area contributed by atoms with E-state index in [4.69, 9.17) is 33.0 Å².